The first-order valence-corrected chi connectivity index (χ1v) is 12.0. The van der Waals surface area contributed by atoms with Gasteiger partial charge in [0.15, 0.2) is 17.5 Å². The molecule has 1 fully saturated rings. The fourth-order valence-corrected chi connectivity index (χ4v) is 4.38. The molecule has 9 heteroatoms. The second kappa shape index (κ2) is 9.85. The summed E-state index contributed by atoms with van der Waals surface area (Å²) in [5.41, 5.74) is 2.65. The minimum atomic E-state index is -0.783. The quantitative estimate of drug-likeness (QED) is 0.286. The maximum atomic E-state index is 14.1. The van der Waals surface area contributed by atoms with Gasteiger partial charge in [0.25, 0.3) is 0 Å². The topological polar surface area (TPSA) is 88.5 Å². The highest BCUT2D eigenvalue weighted by Crippen LogP contribution is 2.41. The fourth-order valence-electron chi connectivity index (χ4n) is 4.38. The van der Waals surface area contributed by atoms with Gasteiger partial charge in [0.05, 0.1) is 11.7 Å². The van der Waals surface area contributed by atoms with Crippen LogP contribution in [0.15, 0.2) is 42.9 Å². The Morgan fingerprint density at radius 1 is 1.06 bits per heavy atom. The van der Waals surface area contributed by atoms with Gasteiger partial charge in [-0.15, -0.1) is 0 Å². The van der Waals surface area contributed by atoms with E-state index in [1.807, 2.05) is 6.20 Å². The van der Waals surface area contributed by atoms with Gasteiger partial charge in [0.1, 0.15) is 11.6 Å². The van der Waals surface area contributed by atoms with E-state index in [0.29, 0.717) is 23.1 Å². The Balaban J connectivity index is 1.56. The number of fused-ring (bicyclic) bond motifs is 1. The molecule has 2 N–H and O–H groups in total. The zero-order chi connectivity index (χ0) is 24.4. The number of anilines is 3. The molecule has 4 aromatic rings. The van der Waals surface area contributed by atoms with Crippen molar-refractivity contribution in [2.75, 3.05) is 10.6 Å². The fraction of sp³-hybridized carbons (Fsp3) is 0.346. The summed E-state index contributed by atoms with van der Waals surface area (Å²) in [6.45, 7) is 4.31. The Labute approximate surface area is 202 Å². The molecule has 35 heavy (non-hydrogen) atoms. The first kappa shape index (κ1) is 23.0. The van der Waals surface area contributed by atoms with E-state index in [-0.39, 0.29) is 11.9 Å². The average molecular weight is 476 g/mol. The van der Waals surface area contributed by atoms with Gasteiger partial charge < -0.3 is 10.6 Å². The molecule has 0 aromatic carbocycles. The van der Waals surface area contributed by atoms with Crippen molar-refractivity contribution in [1.29, 1.82) is 0 Å². The third-order valence-electron chi connectivity index (χ3n) is 6.36. The summed E-state index contributed by atoms with van der Waals surface area (Å²) < 4.78 is 27.6. The molecular weight excluding hydrogens is 448 g/mol. The molecule has 4 aromatic heterocycles. The number of nitrogens with one attached hydrogen (secondary N) is 2. The lowest BCUT2D eigenvalue weighted by atomic mass is 9.79. The molecule has 0 spiro atoms. The summed E-state index contributed by atoms with van der Waals surface area (Å²) in [5.74, 6) is 0.376. The van der Waals surface area contributed by atoms with Crippen LogP contribution in [0.2, 0.25) is 0 Å². The van der Waals surface area contributed by atoms with Crippen LogP contribution in [0.25, 0.3) is 22.3 Å². The van der Waals surface area contributed by atoms with E-state index in [1.54, 1.807) is 24.5 Å². The van der Waals surface area contributed by atoms with Gasteiger partial charge in [-0.2, -0.15) is 9.37 Å². The standard InChI is InChI=1S/C26H27F2N7/c1-3-5-15(2)31-26-23-18(16-6-4-7-16)13-29-14-20(23)32-24(35-26)17-10-11-30-22(12-17)34-25-19(27)8-9-21(28)33-25/h8-16H,3-7H2,1-2H3,(H,30,33,34)(H,31,32,35)/t15-/m1/s1. The Morgan fingerprint density at radius 3 is 2.69 bits per heavy atom. The van der Waals surface area contributed by atoms with Gasteiger partial charge in [-0.3, -0.25) is 4.98 Å². The SMILES string of the molecule is CCC[C@@H](C)Nc1nc(-c2ccnc(Nc3nc(F)ccc3F)c2)nc2cncc(C3CCC3)c12. The van der Waals surface area contributed by atoms with E-state index in [0.717, 1.165) is 54.5 Å². The Bertz CT molecular complexity index is 1360. The lowest BCUT2D eigenvalue weighted by molar-refractivity contribution is 0.421. The van der Waals surface area contributed by atoms with Crippen molar-refractivity contribution < 1.29 is 8.78 Å². The molecule has 0 aliphatic heterocycles. The number of rotatable bonds is 8. The van der Waals surface area contributed by atoms with Crippen LogP contribution in [0.4, 0.5) is 26.2 Å². The van der Waals surface area contributed by atoms with Crippen molar-refractivity contribution in [3.63, 3.8) is 0 Å². The Hall–Kier alpha value is -3.75. The third-order valence-corrected chi connectivity index (χ3v) is 6.36. The number of pyridine rings is 3. The predicted molar refractivity (Wildman–Crippen MR) is 133 cm³/mol. The maximum Gasteiger partial charge on any atom is 0.214 e. The summed E-state index contributed by atoms with van der Waals surface area (Å²) >= 11 is 0. The van der Waals surface area contributed by atoms with Crippen molar-refractivity contribution in [2.45, 2.75) is 57.9 Å². The lowest BCUT2D eigenvalue weighted by Gasteiger charge is -2.27. The normalized spacial score (nSPS) is 14.5. The van der Waals surface area contributed by atoms with Crippen LogP contribution in [0.1, 0.15) is 57.4 Å². The Morgan fingerprint density at radius 2 is 1.91 bits per heavy atom. The number of nitrogens with zero attached hydrogens (tertiary/aromatic N) is 5. The van der Waals surface area contributed by atoms with E-state index in [1.165, 1.54) is 12.0 Å². The van der Waals surface area contributed by atoms with Crippen molar-refractivity contribution >= 4 is 28.4 Å². The molecule has 1 aliphatic carbocycles. The van der Waals surface area contributed by atoms with E-state index in [9.17, 15) is 8.78 Å². The molecule has 1 saturated carbocycles. The highest BCUT2D eigenvalue weighted by Gasteiger charge is 2.25. The molecular formula is C26H27F2N7. The molecule has 5 rings (SSSR count). The average Bonchev–Trinajstić information content (AvgIpc) is 2.80. The number of hydrogen-bond acceptors (Lipinski definition) is 7. The maximum absolute atomic E-state index is 14.1. The zero-order valence-electron chi connectivity index (χ0n) is 19.7. The van der Waals surface area contributed by atoms with Crippen molar-refractivity contribution in [3.8, 4) is 11.4 Å². The number of aromatic nitrogens is 5. The van der Waals surface area contributed by atoms with Gasteiger partial charge in [0.2, 0.25) is 5.95 Å². The largest absolute Gasteiger partial charge is 0.367 e. The molecule has 0 amide bonds. The van der Waals surface area contributed by atoms with Crippen LogP contribution in [0, 0.1) is 11.8 Å². The molecule has 0 bridgehead atoms. The third kappa shape index (κ3) is 4.89. The summed E-state index contributed by atoms with van der Waals surface area (Å²) in [7, 11) is 0. The van der Waals surface area contributed by atoms with Crippen LogP contribution in [-0.4, -0.2) is 31.0 Å². The first-order valence-electron chi connectivity index (χ1n) is 12.0. The molecule has 0 saturated heterocycles. The highest BCUT2D eigenvalue weighted by atomic mass is 19.1. The molecule has 7 nitrogen and oxygen atoms in total. The minimum Gasteiger partial charge on any atom is -0.367 e. The summed E-state index contributed by atoms with van der Waals surface area (Å²) in [4.78, 5) is 22.0. The van der Waals surface area contributed by atoms with Crippen LogP contribution >= 0.6 is 0 Å². The second-order valence-electron chi connectivity index (χ2n) is 9.00. The van der Waals surface area contributed by atoms with Gasteiger partial charge in [-0.25, -0.2) is 19.3 Å². The van der Waals surface area contributed by atoms with Crippen LogP contribution in [-0.2, 0) is 0 Å². The summed E-state index contributed by atoms with van der Waals surface area (Å²) in [6.07, 6.45) is 10.9. The summed E-state index contributed by atoms with van der Waals surface area (Å²) in [6, 6.07) is 5.70. The van der Waals surface area contributed by atoms with Gasteiger partial charge in [-0.1, -0.05) is 19.8 Å². The van der Waals surface area contributed by atoms with Crippen molar-refractivity contribution in [3.05, 3.63) is 60.2 Å². The van der Waals surface area contributed by atoms with E-state index >= 15 is 0 Å². The van der Waals surface area contributed by atoms with Gasteiger partial charge in [0, 0.05) is 29.4 Å². The molecule has 0 radical (unpaired) electrons. The van der Waals surface area contributed by atoms with Gasteiger partial charge >= 0.3 is 0 Å². The Kier molecular flexibility index (Phi) is 6.48. The molecule has 4 heterocycles. The highest BCUT2D eigenvalue weighted by molar-refractivity contribution is 5.93. The monoisotopic (exact) mass is 475 g/mol. The first-order chi connectivity index (χ1) is 17.0. The molecule has 1 atom stereocenters. The van der Waals surface area contributed by atoms with E-state index in [2.05, 4.69) is 39.4 Å². The summed E-state index contributed by atoms with van der Waals surface area (Å²) in [5, 5.41) is 7.36. The lowest BCUT2D eigenvalue weighted by Crippen LogP contribution is -2.18. The number of hydrogen-bond donors (Lipinski definition) is 2. The van der Waals surface area contributed by atoms with Crippen LogP contribution < -0.4 is 10.6 Å². The van der Waals surface area contributed by atoms with E-state index in [4.69, 9.17) is 9.97 Å². The van der Waals surface area contributed by atoms with E-state index < -0.39 is 11.8 Å². The zero-order valence-corrected chi connectivity index (χ0v) is 19.7. The number of halogens is 2. The van der Waals surface area contributed by atoms with Crippen LogP contribution in [0.5, 0.6) is 0 Å². The van der Waals surface area contributed by atoms with Gasteiger partial charge in [-0.05, 0) is 61.9 Å². The minimum absolute atomic E-state index is 0.237. The molecule has 0 unspecified atom stereocenters. The second-order valence-corrected chi connectivity index (χ2v) is 9.00. The predicted octanol–water partition coefficient (Wildman–Crippen LogP) is 6.37. The molecule has 180 valence electrons. The van der Waals surface area contributed by atoms with Crippen molar-refractivity contribution in [1.82, 2.24) is 24.9 Å². The van der Waals surface area contributed by atoms with Crippen molar-refractivity contribution in [2.24, 2.45) is 0 Å². The van der Waals surface area contributed by atoms with Crippen LogP contribution in [0.3, 0.4) is 0 Å². The molecule has 1 aliphatic rings. The smallest absolute Gasteiger partial charge is 0.214 e.